The molecule has 28 heavy (non-hydrogen) atoms. The molecule has 2 aromatic heterocycles. The van der Waals surface area contributed by atoms with E-state index in [0.717, 1.165) is 48.8 Å². The third-order valence-corrected chi connectivity index (χ3v) is 5.07. The van der Waals surface area contributed by atoms with Gasteiger partial charge in [0.1, 0.15) is 5.82 Å². The number of rotatable bonds is 3. The van der Waals surface area contributed by atoms with E-state index < -0.39 is 0 Å². The largest absolute Gasteiger partial charge is 0.366 e. The van der Waals surface area contributed by atoms with Gasteiger partial charge in [-0.2, -0.15) is 4.52 Å². The van der Waals surface area contributed by atoms with Crippen molar-refractivity contribution in [1.29, 1.82) is 0 Å². The number of carbonyl (C=O) groups excluding carboxylic acids is 1. The van der Waals surface area contributed by atoms with Gasteiger partial charge in [-0.3, -0.25) is 4.79 Å². The van der Waals surface area contributed by atoms with Crippen molar-refractivity contribution >= 4 is 17.4 Å². The molecular weight excluding hydrogens is 352 g/mol. The summed E-state index contributed by atoms with van der Waals surface area (Å²) in [5.41, 5.74) is 1.37. The highest BCUT2D eigenvalue weighted by Gasteiger charge is 2.30. The molecule has 1 aliphatic rings. The lowest BCUT2D eigenvalue weighted by Crippen LogP contribution is -2.46. The quantitative estimate of drug-likeness (QED) is 0.757. The van der Waals surface area contributed by atoms with Gasteiger partial charge in [0.2, 0.25) is 5.91 Å². The number of carbonyl (C=O) groups is 1. The zero-order chi connectivity index (χ0) is 19.7. The Hall–Kier alpha value is -2.96. The molecule has 1 amide bonds. The first-order valence-electron chi connectivity index (χ1n) is 9.75. The molecule has 7 heteroatoms. The normalized spacial score (nSPS) is 15.8. The fourth-order valence-electron chi connectivity index (χ4n) is 3.54. The molecule has 0 unspecified atom stereocenters. The first-order chi connectivity index (χ1) is 13.4. The molecule has 146 valence electrons. The van der Waals surface area contributed by atoms with E-state index in [1.807, 2.05) is 68.1 Å². The third-order valence-electron chi connectivity index (χ3n) is 5.07. The van der Waals surface area contributed by atoms with Gasteiger partial charge in [0.25, 0.3) is 0 Å². The maximum absolute atomic E-state index is 12.4. The maximum Gasteiger partial charge on any atom is 0.227 e. The fraction of sp³-hybridized carbons (Fsp3) is 0.429. The number of anilines is 1. The van der Waals surface area contributed by atoms with Crippen LogP contribution in [0.1, 0.15) is 33.6 Å². The summed E-state index contributed by atoms with van der Waals surface area (Å²) in [5.74, 6) is 1.75. The maximum atomic E-state index is 12.4. The second-order valence-electron chi connectivity index (χ2n) is 8.34. The number of piperidine rings is 1. The Balaban J connectivity index is 1.47. The van der Waals surface area contributed by atoms with E-state index in [1.54, 1.807) is 4.52 Å². The van der Waals surface area contributed by atoms with Crippen LogP contribution in [-0.2, 0) is 4.79 Å². The minimum atomic E-state index is -0.324. The summed E-state index contributed by atoms with van der Waals surface area (Å²) in [6.07, 6.45) is 1.82. The SMILES string of the molecule is CC(C)(C)C(=O)N1CCC(Nc2ccc3nnc(-c4ccccc4)n3n2)CC1. The van der Waals surface area contributed by atoms with Crippen LogP contribution >= 0.6 is 0 Å². The molecule has 1 aromatic carbocycles. The summed E-state index contributed by atoms with van der Waals surface area (Å²) in [5, 5.41) is 16.7. The molecule has 4 rings (SSSR count). The van der Waals surface area contributed by atoms with Crippen LogP contribution in [0.25, 0.3) is 17.0 Å². The molecule has 0 atom stereocenters. The lowest BCUT2D eigenvalue weighted by atomic mass is 9.93. The summed E-state index contributed by atoms with van der Waals surface area (Å²) in [6.45, 7) is 7.47. The number of likely N-dealkylation sites (tertiary alicyclic amines) is 1. The molecule has 1 N–H and O–H groups in total. The van der Waals surface area contributed by atoms with E-state index in [9.17, 15) is 4.79 Å². The molecule has 1 aliphatic heterocycles. The van der Waals surface area contributed by atoms with Gasteiger partial charge < -0.3 is 10.2 Å². The Morgan fingerprint density at radius 2 is 1.75 bits per heavy atom. The predicted molar refractivity (Wildman–Crippen MR) is 109 cm³/mol. The van der Waals surface area contributed by atoms with Gasteiger partial charge in [0, 0.05) is 30.1 Å². The van der Waals surface area contributed by atoms with Crippen molar-refractivity contribution in [2.75, 3.05) is 18.4 Å². The molecule has 0 bridgehead atoms. The Morgan fingerprint density at radius 1 is 1.04 bits per heavy atom. The van der Waals surface area contributed by atoms with Gasteiger partial charge in [0.05, 0.1) is 0 Å². The summed E-state index contributed by atoms with van der Waals surface area (Å²) in [6, 6.07) is 14.1. The molecule has 0 spiro atoms. The topological polar surface area (TPSA) is 75.4 Å². The van der Waals surface area contributed by atoms with Gasteiger partial charge in [0.15, 0.2) is 11.5 Å². The number of nitrogens with zero attached hydrogens (tertiary/aromatic N) is 5. The molecule has 1 saturated heterocycles. The molecule has 0 saturated carbocycles. The first-order valence-corrected chi connectivity index (χ1v) is 9.75. The van der Waals surface area contributed by atoms with E-state index in [4.69, 9.17) is 5.10 Å². The van der Waals surface area contributed by atoms with Crippen molar-refractivity contribution in [3.8, 4) is 11.4 Å². The third kappa shape index (κ3) is 3.69. The summed E-state index contributed by atoms with van der Waals surface area (Å²) in [7, 11) is 0. The zero-order valence-electron chi connectivity index (χ0n) is 16.6. The molecular formula is C21H26N6O. The number of hydrogen-bond acceptors (Lipinski definition) is 5. The van der Waals surface area contributed by atoms with E-state index in [1.165, 1.54) is 0 Å². The smallest absolute Gasteiger partial charge is 0.227 e. The Morgan fingerprint density at radius 3 is 2.43 bits per heavy atom. The zero-order valence-corrected chi connectivity index (χ0v) is 16.6. The lowest BCUT2D eigenvalue weighted by molar-refractivity contribution is -0.140. The molecule has 1 fully saturated rings. The van der Waals surface area contributed by atoms with Crippen LogP contribution in [0.4, 0.5) is 5.82 Å². The van der Waals surface area contributed by atoms with Crippen molar-refractivity contribution in [2.45, 2.75) is 39.7 Å². The second kappa shape index (κ2) is 7.22. The number of amides is 1. The fourth-order valence-corrected chi connectivity index (χ4v) is 3.54. The number of fused-ring (bicyclic) bond motifs is 1. The monoisotopic (exact) mass is 378 g/mol. The van der Waals surface area contributed by atoms with Crippen molar-refractivity contribution < 1.29 is 4.79 Å². The predicted octanol–water partition coefficient (Wildman–Crippen LogP) is 3.24. The van der Waals surface area contributed by atoms with Crippen LogP contribution in [0, 0.1) is 5.41 Å². The Bertz CT molecular complexity index is 967. The summed E-state index contributed by atoms with van der Waals surface area (Å²) < 4.78 is 1.77. The molecule has 3 aromatic rings. The van der Waals surface area contributed by atoms with Gasteiger partial charge >= 0.3 is 0 Å². The van der Waals surface area contributed by atoms with Gasteiger partial charge in [-0.1, -0.05) is 51.1 Å². The number of aromatic nitrogens is 4. The minimum Gasteiger partial charge on any atom is -0.366 e. The van der Waals surface area contributed by atoms with Crippen LogP contribution in [0.3, 0.4) is 0 Å². The van der Waals surface area contributed by atoms with Crippen LogP contribution < -0.4 is 5.32 Å². The van der Waals surface area contributed by atoms with Gasteiger partial charge in [-0.05, 0) is 25.0 Å². The van der Waals surface area contributed by atoms with Crippen LogP contribution in [0.15, 0.2) is 42.5 Å². The van der Waals surface area contributed by atoms with E-state index in [0.29, 0.717) is 6.04 Å². The number of hydrogen-bond donors (Lipinski definition) is 1. The van der Waals surface area contributed by atoms with Gasteiger partial charge in [-0.25, -0.2) is 0 Å². The molecule has 0 aliphatic carbocycles. The van der Waals surface area contributed by atoms with Crippen LogP contribution in [-0.4, -0.2) is 49.7 Å². The van der Waals surface area contributed by atoms with Crippen molar-refractivity contribution in [3.05, 3.63) is 42.5 Å². The highest BCUT2D eigenvalue weighted by atomic mass is 16.2. The average molecular weight is 378 g/mol. The second-order valence-corrected chi connectivity index (χ2v) is 8.34. The average Bonchev–Trinajstić information content (AvgIpc) is 3.11. The minimum absolute atomic E-state index is 0.225. The lowest BCUT2D eigenvalue weighted by Gasteiger charge is -2.36. The molecule has 0 radical (unpaired) electrons. The Labute approximate surface area is 164 Å². The summed E-state index contributed by atoms with van der Waals surface area (Å²) >= 11 is 0. The standard InChI is InChI=1S/C21H26N6O/c1-21(2,3)20(28)26-13-11-16(12-14-26)22-17-9-10-18-23-24-19(27(18)25-17)15-7-5-4-6-8-15/h4-10,16H,11-14H2,1-3H3,(H,22,25). The highest BCUT2D eigenvalue weighted by Crippen LogP contribution is 2.23. The molecule has 7 nitrogen and oxygen atoms in total. The number of nitrogens with one attached hydrogen (secondary N) is 1. The van der Waals surface area contributed by atoms with Crippen LogP contribution in [0.5, 0.6) is 0 Å². The summed E-state index contributed by atoms with van der Waals surface area (Å²) in [4.78, 5) is 14.4. The van der Waals surface area contributed by atoms with E-state index in [2.05, 4.69) is 15.5 Å². The van der Waals surface area contributed by atoms with Crippen molar-refractivity contribution in [3.63, 3.8) is 0 Å². The Kier molecular flexibility index (Phi) is 4.75. The molecule has 3 heterocycles. The van der Waals surface area contributed by atoms with Gasteiger partial charge in [-0.15, -0.1) is 15.3 Å². The van der Waals surface area contributed by atoms with Crippen molar-refractivity contribution in [1.82, 2.24) is 24.7 Å². The number of benzene rings is 1. The first kappa shape index (κ1) is 18.4. The highest BCUT2D eigenvalue weighted by molar-refractivity contribution is 5.81. The van der Waals surface area contributed by atoms with E-state index in [-0.39, 0.29) is 11.3 Å². The van der Waals surface area contributed by atoms with E-state index >= 15 is 0 Å². The van der Waals surface area contributed by atoms with Crippen LogP contribution in [0.2, 0.25) is 0 Å². The van der Waals surface area contributed by atoms with Crippen molar-refractivity contribution in [2.24, 2.45) is 5.41 Å².